The van der Waals surface area contributed by atoms with Crippen molar-refractivity contribution < 1.29 is 4.79 Å². The van der Waals surface area contributed by atoms with Crippen molar-refractivity contribution >= 4 is 33.3 Å². The Morgan fingerprint density at radius 1 is 1.14 bits per heavy atom. The summed E-state index contributed by atoms with van der Waals surface area (Å²) in [5.41, 5.74) is 1.33. The molecule has 1 N–H and O–H groups in total. The van der Waals surface area contributed by atoms with E-state index in [9.17, 15) is 4.79 Å². The minimum atomic E-state index is 0.210. The normalized spacial score (nSPS) is 15.0. The fraction of sp³-hybridized carbons (Fsp3) is 0.409. The Balaban J connectivity index is 1.24. The SMILES string of the molecule is CCc1cc2c(NCCC(=O)N3CCN(Cc4ccccc4)CC3)ncnc2s1. The average Bonchev–Trinajstić information content (AvgIpc) is 3.19. The van der Waals surface area contributed by atoms with Crippen molar-refractivity contribution in [3.05, 3.63) is 53.2 Å². The molecule has 0 radical (unpaired) electrons. The van der Waals surface area contributed by atoms with Gasteiger partial charge in [0, 0.05) is 50.6 Å². The van der Waals surface area contributed by atoms with Crippen LogP contribution in [0, 0.1) is 0 Å². The number of aryl methyl sites for hydroxylation is 1. The summed E-state index contributed by atoms with van der Waals surface area (Å²) in [6.45, 7) is 7.14. The molecule has 1 aliphatic rings. The van der Waals surface area contributed by atoms with Crippen molar-refractivity contribution in [1.29, 1.82) is 0 Å². The van der Waals surface area contributed by atoms with Gasteiger partial charge in [-0.2, -0.15) is 0 Å². The second-order valence-corrected chi connectivity index (χ2v) is 8.44. The molecule has 1 fully saturated rings. The molecule has 0 atom stereocenters. The Labute approximate surface area is 175 Å². The lowest BCUT2D eigenvalue weighted by Crippen LogP contribution is -2.48. The molecule has 1 amide bonds. The molecular weight excluding hydrogens is 382 g/mol. The molecule has 4 rings (SSSR count). The highest BCUT2D eigenvalue weighted by atomic mass is 32.1. The van der Waals surface area contributed by atoms with E-state index in [4.69, 9.17) is 0 Å². The number of hydrogen-bond donors (Lipinski definition) is 1. The number of benzene rings is 1. The third kappa shape index (κ3) is 4.92. The van der Waals surface area contributed by atoms with Crippen molar-refractivity contribution in [3.8, 4) is 0 Å². The van der Waals surface area contributed by atoms with Gasteiger partial charge in [0.2, 0.25) is 5.91 Å². The van der Waals surface area contributed by atoms with E-state index in [0.29, 0.717) is 13.0 Å². The van der Waals surface area contributed by atoms with Crippen LogP contribution in [0.1, 0.15) is 23.8 Å². The van der Waals surface area contributed by atoms with E-state index in [1.165, 1.54) is 10.4 Å². The van der Waals surface area contributed by atoms with Gasteiger partial charge in [-0.25, -0.2) is 9.97 Å². The maximum atomic E-state index is 12.6. The molecule has 1 aromatic carbocycles. The number of nitrogens with one attached hydrogen (secondary N) is 1. The minimum absolute atomic E-state index is 0.210. The van der Waals surface area contributed by atoms with Crippen LogP contribution in [0.2, 0.25) is 0 Å². The van der Waals surface area contributed by atoms with Crippen LogP contribution in [0.15, 0.2) is 42.7 Å². The second kappa shape index (κ2) is 9.33. The highest BCUT2D eigenvalue weighted by molar-refractivity contribution is 7.18. The molecule has 6 nitrogen and oxygen atoms in total. The predicted octanol–water partition coefficient (Wildman–Crippen LogP) is 3.40. The van der Waals surface area contributed by atoms with Crippen LogP contribution in [-0.4, -0.2) is 58.4 Å². The molecule has 7 heteroatoms. The topological polar surface area (TPSA) is 61.4 Å². The van der Waals surface area contributed by atoms with E-state index in [0.717, 1.165) is 55.2 Å². The van der Waals surface area contributed by atoms with Gasteiger partial charge in [-0.15, -0.1) is 11.3 Å². The van der Waals surface area contributed by atoms with Gasteiger partial charge in [-0.3, -0.25) is 9.69 Å². The molecule has 0 bridgehead atoms. The van der Waals surface area contributed by atoms with Gasteiger partial charge in [0.1, 0.15) is 17.0 Å². The summed E-state index contributed by atoms with van der Waals surface area (Å²) in [5.74, 6) is 1.04. The number of thiophene rings is 1. The molecular formula is C22H27N5OS. The number of amides is 1. The summed E-state index contributed by atoms with van der Waals surface area (Å²) in [7, 11) is 0. The van der Waals surface area contributed by atoms with Crippen molar-refractivity contribution in [2.45, 2.75) is 26.3 Å². The smallest absolute Gasteiger partial charge is 0.224 e. The molecule has 0 unspecified atom stereocenters. The van der Waals surface area contributed by atoms with E-state index >= 15 is 0 Å². The second-order valence-electron chi connectivity index (χ2n) is 7.33. The highest BCUT2D eigenvalue weighted by Crippen LogP contribution is 2.28. The average molecular weight is 410 g/mol. The first-order chi connectivity index (χ1) is 14.2. The molecule has 0 spiro atoms. The lowest BCUT2D eigenvalue weighted by Gasteiger charge is -2.34. The third-order valence-electron chi connectivity index (χ3n) is 5.33. The molecule has 2 aromatic heterocycles. The number of hydrogen-bond acceptors (Lipinski definition) is 6. The lowest BCUT2D eigenvalue weighted by atomic mass is 10.2. The van der Waals surface area contributed by atoms with Crippen molar-refractivity contribution in [3.63, 3.8) is 0 Å². The highest BCUT2D eigenvalue weighted by Gasteiger charge is 2.20. The molecule has 0 aliphatic carbocycles. The Kier molecular flexibility index (Phi) is 6.36. The first kappa shape index (κ1) is 19.8. The molecule has 1 aliphatic heterocycles. The number of anilines is 1. The number of piperazine rings is 1. The molecule has 3 heterocycles. The maximum absolute atomic E-state index is 12.6. The van der Waals surface area contributed by atoms with Gasteiger partial charge < -0.3 is 10.2 Å². The van der Waals surface area contributed by atoms with Gasteiger partial charge in [0.15, 0.2) is 0 Å². The summed E-state index contributed by atoms with van der Waals surface area (Å²) < 4.78 is 0. The molecule has 3 aromatic rings. The van der Waals surface area contributed by atoms with E-state index in [2.05, 4.69) is 57.4 Å². The van der Waals surface area contributed by atoms with E-state index in [-0.39, 0.29) is 5.91 Å². The molecule has 29 heavy (non-hydrogen) atoms. The van der Waals surface area contributed by atoms with E-state index < -0.39 is 0 Å². The first-order valence-electron chi connectivity index (χ1n) is 10.2. The summed E-state index contributed by atoms with van der Waals surface area (Å²) in [5, 5.41) is 4.39. The fourth-order valence-electron chi connectivity index (χ4n) is 3.66. The minimum Gasteiger partial charge on any atom is -0.369 e. The quantitative estimate of drug-likeness (QED) is 0.648. The van der Waals surface area contributed by atoms with Crippen LogP contribution < -0.4 is 5.32 Å². The Hall–Kier alpha value is -2.51. The van der Waals surface area contributed by atoms with Gasteiger partial charge in [0.05, 0.1) is 5.39 Å². The molecule has 152 valence electrons. The standard InChI is InChI=1S/C22H27N5OS/c1-2-18-14-19-21(24-16-25-22(19)29-18)23-9-8-20(28)27-12-10-26(11-13-27)15-17-6-4-3-5-7-17/h3-7,14,16H,2,8-13,15H2,1H3,(H,23,24,25). The van der Waals surface area contributed by atoms with Gasteiger partial charge in [-0.05, 0) is 18.1 Å². The first-order valence-corrected chi connectivity index (χ1v) is 11.1. The number of fused-ring (bicyclic) bond motifs is 1. The van der Waals surface area contributed by atoms with Crippen molar-refractivity contribution in [1.82, 2.24) is 19.8 Å². The van der Waals surface area contributed by atoms with Crippen LogP contribution in [0.3, 0.4) is 0 Å². The number of carbonyl (C=O) groups is 1. The zero-order valence-corrected chi connectivity index (χ0v) is 17.6. The van der Waals surface area contributed by atoms with Crippen LogP contribution in [0.25, 0.3) is 10.2 Å². The largest absolute Gasteiger partial charge is 0.369 e. The molecule has 0 saturated carbocycles. The summed E-state index contributed by atoms with van der Waals surface area (Å²) in [4.78, 5) is 28.0. The monoisotopic (exact) mass is 409 g/mol. The maximum Gasteiger partial charge on any atom is 0.224 e. The van der Waals surface area contributed by atoms with Gasteiger partial charge in [0.25, 0.3) is 0 Å². The Bertz CT molecular complexity index is 950. The van der Waals surface area contributed by atoms with E-state index in [1.54, 1.807) is 17.7 Å². The van der Waals surface area contributed by atoms with Crippen LogP contribution in [0.4, 0.5) is 5.82 Å². The fourth-order valence-corrected chi connectivity index (χ4v) is 4.60. The Morgan fingerprint density at radius 3 is 2.69 bits per heavy atom. The molecule has 1 saturated heterocycles. The number of rotatable bonds is 7. The van der Waals surface area contributed by atoms with Crippen LogP contribution in [0.5, 0.6) is 0 Å². The van der Waals surface area contributed by atoms with Crippen molar-refractivity contribution in [2.75, 3.05) is 38.0 Å². The zero-order valence-electron chi connectivity index (χ0n) is 16.8. The van der Waals surface area contributed by atoms with Crippen LogP contribution in [-0.2, 0) is 17.8 Å². The Morgan fingerprint density at radius 2 is 1.93 bits per heavy atom. The van der Waals surface area contributed by atoms with Crippen molar-refractivity contribution in [2.24, 2.45) is 0 Å². The van der Waals surface area contributed by atoms with E-state index in [1.807, 2.05) is 11.0 Å². The third-order valence-corrected chi connectivity index (χ3v) is 6.52. The van der Waals surface area contributed by atoms with Crippen LogP contribution >= 0.6 is 11.3 Å². The van der Waals surface area contributed by atoms with Gasteiger partial charge in [-0.1, -0.05) is 37.3 Å². The summed E-state index contributed by atoms with van der Waals surface area (Å²) in [6, 6.07) is 12.7. The zero-order chi connectivity index (χ0) is 20.1. The number of nitrogens with zero attached hydrogens (tertiary/aromatic N) is 4. The predicted molar refractivity (Wildman–Crippen MR) is 118 cm³/mol. The number of aromatic nitrogens is 2. The summed E-state index contributed by atoms with van der Waals surface area (Å²) >= 11 is 1.70. The van der Waals surface area contributed by atoms with Gasteiger partial charge >= 0.3 is 0 Å². The number of carbonyl (C=O) groups excluding carboxylic acids is 1. The summed E-state index contributed by atoms with van der Waals surface area (Å²) in [6.07, 6.45) is 3.07. The lowest BCUT2D eigenvalue weighted by molar-refractivity contribution is -0.132.